The second-order valence-electron chi connectivity index (χ2n) is 6.71. The Morgan fingerprint density at radius 3 is 2.04 bits per heavy atom. The van der Waals surface area contributed by atoms with Crippen molar-refractivity contribution in [2.24, 2.45) is 0 Å². The predicted octanol–water partition coefficient (Wildman–Crippen LogP) is 2.19. The van der Waals surface area contributed by atoms with Crippen molar-refractivity contribution >= 4 is 45.0 Å². The normalized spacial score (nSPS) is 11.7. The molecule has 1 aromatic heterocycles. The number of thiophene rings is 1. The van der Waals surface area contributed by atoms with Gasteiger partial charge in [-0.25, -0.2) is 17.9 Å². The molecule has 1 heterocycles. The highest BCUT2D eigenvalue weighted by atomic mass is 32.2. The lowest BCUT2D eigenvalue weighted by molar-refractivity contribution is 0.256. The molecule has 2 rings (SSSR count). The van der Waals surface area contributed by atoms with Gasteiger partial charge in [0, 0.05) is 10.5 Å². The van der Waals surface area contributed by atoms with Crippen LogP contribution in [0.15, 0.2) is 34.5 Å². The van der Waals surface area contributed by atoms with E-state index in [1.54, 1.807) is 0 Å². The Labute approximate surface area is 163 Å². The van der Waals surface area contributed by atoms with Gasteiger partial charge in [-0.1, -0.05) is 52.0 Å². The summed E-state index contributed by atoms with van der Waals surface area (Å²) in [6, 6.07) is 7.34. The Hall–Kier alpha value is -1.88. The van der Waals surface area contributed by atoms with Crippen LogP contribution in [0.2, 0.25) is 0 Å². The minimum absolute atomic E-state index is 0.0723. The number of sulfonamides is 1. The lowest BCUT2D eigenvalue weighted by atomic mass is 9.90. The van der Waals surface area contributed by atoms with E-state index in [9.17, 15) is 13.2 Å². The highest BCUT2D eigenvalue weighted by molar-refractivity contribution is 7.92. The van der Waals surface area contributed by atoms with Gasteiger partial charge >= 0.3 is 13.1 Å². The van der Waals surface area contributed by atoms with Crippen LogP contribution in [-0.2, 0) is 10.0 Å². The largest absolute Gasteiger partial charge is 0.499 e. The standard InChI is InChI=1S/C17H23BN2O5S2/c1-10(2)12-6-5-7-13(11(3)4)16(12)19-17(21)20-27(24,25)15-9-8-14(26-15)18(22)23/h5-11,22-23H,1-4H3,(H2,19,20,21). The van der Waals surface area contributed by atoms with Gasteiger partial charge in [0.05, 0.1) is 0 Å². The SMILES string of the molecule is CC(C)c1cccc(C(C)C)c1NC(=O)NS(=O)(=O)c1ccc(B(O)O)s1. The summed E-state index contributed by atoms with van der Waals surface area (Å²) in [5, 5.41) is 20.9. The molecule has 4 N–H and O–H groups in total. The van der Waals surface area contributed by atoms with Crippen LogP contribution >= 0.6 is 11.3 Å². The maximum atomic E-state index is 12.4. The van der Waals surface area contributed by atoms with Crippen LogP contribution in [-0.4, -0.2) is 31.6 Å². The maximum absolute atomic E-state index is 12.4. The fourth-order valence-corrected chi connectivity index (χ4v) is 4.73. The molecule has 0 saturated heterocycles. The molecule has 0 aliphatic rings. The van der Waals surface area contributed by atoms with E-state index >= 15 is 0 Å². The van der Waals surface area contributed by atoms with Crippen molar-refractivity contribution in [2.75, 3.05) is 5.32 Å². The molecule has 0 atom stereocenters. The van der Waals surface area contributed by atoms with E-state index < -0.39 is 23.2 Å². The number of carbonyl (C=O) groups is 1. The van der Waals surface area contributed by atoms with Crippen molar-refractivity contribution in [1.29, 1.82) is 0 Å². The number of para-hydroxylation sites is 1. The van der Waals surface area contributed by atoms with E-state index in [0.717, 1.165) is 11.1 Å². The van der Waals surface area contributed by atoms with Gasteiger partial charge in [0.2, 0.25) is 0 Å². The van der Waals surface area contributed by atoms with E-state index in [2.05, 4.69) is 5.32 Å². The summed E-state index contributed by atoms with van der Waals surface area (Å²) in [6.45, 7) is 7.97. The number of urea groups is 1. The summed E-state index contributed by atoms with van der Waals surface area (Å²) in [5.41, 5.74) is 2.43. The number of amides is 2. The van der Waals surface area contributed by atoms with Crippen LogP contribution < -0.4 is 14.8 Å². The fourth-order valence-electron chi connectivity index (χ4n) is 2.62. The van der Waals surface area contributed by atoms with Gasteiger partial charge in [0.15, 0.2) is 0 Å². The van der Waals surface area contributed by atoms with Crippen molar-refractivity contribution in [3.63, 3.8) is 0 Å². The summed E-state index contributed by atoms with van der Waals surface area (Å²) in [4.78, 5) is 12.4. The molecule has 2 amide bonds. The van der Waals surface area contributed by atoms with E-state index in [4.69, 9.17) is 10.0 Å². The van der Waals surface area contributed by atoms with Crippen LogP contribution in [0.3, 0.4) is 0 Å². The second kappa shape index (κ2) is 8.43. The molecule has 27 heavy (non-hydrogen) atoms. The molecule has 7 nitrogen and oxygen atoms in total. The first-order chi connectivity index (χ1) is 12.5. The van der Waals surface area contributed by atoms with Gasteiger partial charge in [0.25, 0.3) is 10.0 Å². The third kappa shape index (κ3) is 5.10. The monoisotopic (exact) mass is 410 g/mol. The lowest BCUT2D eigenvalue weighted by Gasteiger charge is -2.20. The summed E-state index contributed by atoms with van der Waals surface area (Å²) in [7, 11) is -5.89. The molecule has 2 aromatic rings. The first kappa shape index (κ1) is 21.4. The van der Waals surface area contributed by atoms with E-state index in [1.165, 1.54) is 12.1 Å². The molecule has 0 aliphatic heterocycles. The predicted molar refractivity (Wildman–Crippen MR) is 108 cm³/mol. The van der Waals surface area contributed by atoms with E-state index in [0.29, 0.717) is 17.0 Å². The number of anilines is 1. The molecule has 0 aliphatic carbocycles. The first-order valence-electron chi connectivity index (χ1n) is 8.45. The first-order valence-corrected chi connectivity index (χ1v) is 10.8. The molecule has 0 bridgehead atoms. The van der Waals surface area contributed by atoms with Gasteiger partial charge in [-0.05, 0) is 29.0 Å². The van der Waals surface area contributed by atoms with Crippen LogP contribution in [0, 0.1) is 0 Å². The Bertz CT molecular complexity index is 897. The lowest BCUT2D eigenvalue weighted by Crippen LogP contribution is -2.34. The number of carbonyl (C=O) groups excluding carboxylic acids is 1. The van der Waals surface area contributed by atoms with E-state index in [-0.39, 0.29) is 20.8 Å². The van der Waals surface area contributed by atoms with Gasteiger partial charge < -0.3 is 15.4 Å². The maximum Gasteiger partial charge on any atom is 0.499 e. The highest BCUT2D eigenvalue weighted by Gasteiger charge is 2.24. The second-order valence-corrected chi connectivity index (χ2v) is 9.74. The molecule has 0 fully saturated rings. The zero-order valence-corrected chi connectivity index (χ0v) is 17.2. The molecule has 0 radical (unpaired) electrons. The van der Waals surface area contributed by atoms with Crippen molar-refractivity contribution < 1.29 is 23.3 Å². The Morgan fingerprint density at radius 1 is 1.04 bits per heavy atom. The van der Waals surface area contributed by atoms with Crippen molar-refractivity contribution in [1.82, 2.24) is 4.72 Å². The zero-order chi connectivity index (χ0) is 20.4. The molecule has 146 valence electrons. The number of hydrogen-bond donors (Lipinski definition) is 4. The van der Waals surface area contributed by atoms with E-state index in [1.807, 2.05) is 50.6 Å². The summed E-state index contributed by atoms with van der Waals surface area (Å²) in [5.74, 6) is 0.281. The highest BCUT2D eigenvalue weighted by Crippen LogP contribution is 2.32. The molecule has 0 unspecified atom stereocenters. The van der Waals surface area contributed by atoms with Crippen molar-refractivity contribution in [3.05, 3.63) is 41.5 Å². The number of benzene rings is 1. The Kier molecular flexibility index (Phi) is 6.69. The third-order valence-corrected chi connectivity index (χ3v) is 6.91. The van der Waals surface area contributed by atoms with Gasteiger partial charge in [-0.2, -0.15) is 0 Å². The molecule has 10 heteroatoms. The average Bonchev–Trinajstić information content (AvgIpc) is 3.05. The minimum atomic E-state index is -4.12. The molecule has 1 aromatic carbocycles. The van der Waals surface area contributed by atoms with Crippen molar-refractivity contribution in [3.8, 4) is 0 Å². The van der Waals surface area contributed by atoms with Gasteiger partial charge in [-0.3, -0.25) is 0 Å². The van der Waals surface area contributed by atoms with Gasteiger partial charge in [0.1, 0.15) is 4.21 Å². The van der Waals surface area contributed by atoms with Crippen LogP contribution in [0.4, 0.5) is 10.5 Å². The van der Waals surface area contributed by atoms with Crippen molar-refractivity contribution in [2.45, 2.75) is 43.7 Å². The molecule has 0 saturated carbocycles. The quantitative estimate of drug-likeness (QED) is 0.545. The number of rotatable bonds is 6. The Morgan fingerprint density at radius 2 is 1.59 bits per heavy atom. The van der Waals surface area contributed by atoms with Crippen LogP contribution in [0.25, 0.3) is 0 Å². The third-order valence-electron chi connectivity index (χ3n) is 3.96. The smallest absolute Gasteiger partial charge is 0.423 e. The summed E-state index contributed by atoms with van der Waals surface area (Å²) < 4.78 is 26.6. The molecular weight excluding hydrogens is 387 g/mol. The van der Waals surface area contributed by atoms with Gasteiger partial charge in [-0.15, -0.1) is 11.3 Å². The average molecular weight is 410 g/mol. The molecular formula is C17H23BN2O5S2. The topological polar surface area (TPSA) is 116 Å². The number of hydrogen-bond acceptors (Lipinski definition) is 6. The van der Waals surface area contributed by atoms with Crippen LogP contribution in [0.1, 0.15) is 50.7 Å². The fraction of sp³-hybridized carbons (Fsp3) is 0.353. The van der Waals surface area contributed by atoms with Crippen LogP contribution in [0.5, 0.6) is 0 Å². The molecule has 0 spiro atoms. The Balaban J connectivity index is 2.27. The minimum Gasteiger partial charge on any atom is -0.423 e. The number of nitrogens with one attached hydrogen (secondary N) is 2. The summed E-state index contributed by atoms with van der Waals surface area (Å²) >= 11 is 0.682. The summed E-state index contributed by atoms with van der Waals surface area (Å²) in [6.07, 6.45) is 0. The zero-order valence-electron chi connectivity index (χ0n) is 15.6.